The van der Waals surface area contributed by atoms with Crippen molar-refractivity contribution in [2.24, 2.45) is 11.7 Å². The minimum absolute atomic E-state index is 0.0192. The molecule has 0 unspecified atom stereocenters. The van der Waals surface area contributed by atoms with Crippen molar-refractivity contribution >= 4 is 111 Å². The van der Waals surface area contributed by atoms with E-state index >= 15 is 9.59 Å². The summed E-state index contributed by atoms with van der Waals surface area (Å²) in [5, 5.41) is 46.3. The van der Waals surface area contributed by atoms with E-state index < -0.39 is 126 Å². The van der Waals surface area contributed by atoms with E-state index in [0.717, 1.165) is 10.8 Å². The molecule has 30 heteroatoms. The number of halogens is 1. The van der Waals surface area contributed by atoms with Crippen LogP contribution in [-0.2, 0) is 94.4 Å². The van der Waals surface area contributed by atoms with Crippen molar-refractivity contribution in [3.8, 4) is 0 Å². The van der Waals surface area contributed by atoms with Crippen LogP contribution in [-0.4, -0.2) is 178 Å². The van der Waals surface area contributed by atoms with Crippen molar-refractivity contribution in [2.75, 3.05) is 30.3 Å². The first-order chi connectivity index (χ1) is 52.1. The van der Waals surface area contributed by atoms with Gasteiger partial charge in [-0.2, -0.15) is 0 Å². The lowest BCUT2D eigenvalue weighted by atomic mass is 9.99. The van der Waals surface area contributed by atoms with Gasteiger partial charge >= 0.3 is 0 Å². The molecule has 1 saturated heterocycles. The number of primary amides is 1. The number of benzene rings is 5. The molecule has 582 valence electrons. The van der Waals surface area contributed by atoms with Gasteiger partial charge < -0.3 is 79.5 Å². The van der Waals surface area contributed by atoms with Crippen LogP contribution in [0.25, 0.3) is 10.8 Å². The summed E-state index contributed by atoms with van der Waals surface area (Å²) in [6.07, 6.45) is 4.31. The summed E-state index contributed by atoms with van der Waals surface area (Å²) in [6, 6.07) is 21.9. The van der Waals surface area contributed by atoms with Crippen LogP contribution in [0.5, 0.6) is 0 Å². The van der Waals surface area contributed by atoms with Crippen LogP contribution in [0.3, 0.4) is 0 Å². The molecule has 0 spiro atoms. The molecule has 5 aromatic carbocycles. The van der Waals surface area contributed by atoms with Gasteiger partial charge in [-0.1, -0.05) is 124 Å². The summed E-state index contributed by atoms with van der Waals surface area (Å²) in [6.45, 7) is 11.4. The molecule has 7 rings (SSSR count). The number of nitrogens with two attached hydrogens (primary N) is 1. The molecule has 6 aromatic rings. The second kappa shape index (κ2) is 42.4. The number of aromatic nitrogens is 1. The summed E-state index contributed by atoms with van der Waals surface area (Å²) in [7, 11) is 0. The number of anilines is 2. The average molecular weight is 1520 g/mol. The fourth-order valence-electron chi connectivity index (χ4n) is 12.5. The van der Waals surface area contributed by atoms with Crippen molar-refractivity contribution < 1.29 is 67.4 Å². The number of pyridine rings is 1. The number of amides is 13. The van der Waals surface area contributed by atoms with E-state index in [9.17, 15) is 57.8 Å². The lowest BCUT2D eigenvalue weighted by Crippen LogP contribution is -2.62. The van der Waals surface area contributed by atoms with Gasteiger partial charge in [0, 0.05) is 87.3 Å². The molecule has 1 fully saturated rings. The van der Waals surface area contributed by atoms with Crippen LogP contribution in [0.2, 0.25) is 5.02 Å². The Morgan fingerprint density at radius 3 is 1.48 bits per heavy atom. The molecule has 0 bridgehead atoms. The number of hydrogen-bond donors (Lipinski definition) is 14. The van der Waals surface area contributed by atoms with Crippen LogP contribution in [0.1, 0.15) is 115 Å². The van der Waals surface area contributed by atoms with Gasteiger partial charge in [-0.25, -0.2) is 0 Å². The normalized spacial score (nSPS) is 15.0. The van der Waals surface area contributed by atoms with Crippen molar-refractivity contribution in [2.45, 2.75) is 186 Å². The molecule has 0 saturated carbocycles. The van der Waals surface area contributed by atoms with Crippen molar-refractivity contribution in [3.05, 3.63) is 173 Å². The topological polar surface area (TPSA) is 429 Å². The van der Waals surface area contributed by atoms with Crippen LogP contribution in [0, 0.1) is 5.92 Å². The molecule has 15 N–H and O–H groups in total. The second-order valence-corrected chi connectivity index (χ2v) is 28.4. The third-order valence-electron chi connectivity index (χ3n) is 18.2. The van der Waals surface area contributed by atoms with Gasteiger partial charge in [0.25, 0.3) is 0 Å². The number of rotatable bonds is 41. The SMILES string of the molecule is CC(=O)Nc1ccc(C[C@H](NC(=O)[C@H](CO)NC(=O)[C@@H](Cc2cccnc2)NC(=O)[C@@H](Cc2ccc(Cl)cc2)NC(=O)[C@@H](Cc2ccc3ccccc3c2)NC=O)C(=O)N[C@H](Cc2ccc(NC(C)=O)cc2)C(=O)N[C@@H](CC(C)C)C(=O)N[C@@H](CCCCNC(C)C)C(=O)N2CCC[C@H]2C(=O)N[C@H](C)C(N)=O)cc1. The lowest BCUT2D eigenvalue weighted by molar-refractivity contribution is -0.142. The number of aliphatic hydroxyl groups is 1. The Morgan fingerprint density at radius 2 is 0.991 bits per heavy atom. The number of nitrogens with one attached hydrogen (secondary N) is 12. The van der Waals surface area contributed by atoms with E-state index in [1.54, 1.807) is 84.9 Å². The highest BCUT2D eigenvalue weighted by Gasteiger charge is 2.40. The molecule has 1 aromatic heterocycles. The third-order valence-corrected chi connectivity index (χ3v) is 18.4. The Kier molecular flexibility index (Phi) is 33.1. The second-order valence-electron chi connectivity index (χ2n) is 28.0. The highest BCUT2D eigenvalue weighted by atomic mass is 35.5. The van der Waals surface area contributed by atoms with E-state index in [1.807, 2.05) is 70.2 Å². The largest absolute Gasteiger partial charge is 0.394 e. The summed E-state index contributed by atoms with van der Waals surface area (Å²) in [5.41, 5.74) is 8.79. The first-order valence-corrected chi connectivity index (χ1v) is 36.8. The molecule has 109 heavy (non-hydrogen) atoms. The summed E-state index contributed by atoms with van der Waals surface area (Å²) in [5.74, 6) is -9.27. The quantitative estimate of drug-likeness (QED) is 0.0194. The van der Waals surface area contributed by atoms with Crippen LogP contribution in [0.15, 0.2) is 140 Å². The average Bonchev–Trinajstić information content (AvgIpc) is 1.76. The van der Waals surface area contributed by atoms with E-state index in [-0.39, 0.29) is 81.7 Å². The Labute approximate surface area is 638 Å². The first kappa shape index (κ1) is 85.1. The van der Waals surface area contributed by atoms with Gasteiger partial charge in [-0.3, -0.25) is 67.3 Å². The maximum absolute atomic E-state index is 15.3. The van der Waals surface area contributed by atoms with E-state index in [2.05, 4.69) is 68.8 Å². The molecule has 1 aliphatic heterocycles. The summed E-state index contributed by atoms with van der Waals surface area (Å²) in [4.78, 5) is 186. The fourth-order valence-corrected chi connectivity index (χ4v) is 12.6. The first-order valence-electron chi connectivity index (χ1n) is 36.5. The predicted octanol–water partition coefficient (Wildman–Crippen LogP) is 3.01. The summed E-state index contributed by atoms with van der Waals surface area (Å²) >= 11 is 6.25. The minimum atomic E-state index is -1.85. The van der Waals surface area contributed by atoms with E-state index in [1.165, 1.54) is 38.1 Å². The van der Waals surface area contributed by atoms with Crippen molar-refractivity contribution in [3.63, 3.8) is 0 Å². The van der Waals surface area contributed by atoms with Gasteiger partial charge in [0.1, 0.15) is 60.4 Å². The maximum Gasteiger partial charge on any atom is 0.245 e. The third kappa shape index (κ3) is 27.5. The van der Waals surface area contributed by atoms with Gasteiger partial charge in [-0.15, -0.1) is 0 Å². The highest BCUT2D eigenvalue weighted by molar-refractivity contribution is 6.30. The molecule has 0 radical (unpaired) electrons. The number of likely N-dealkylation sites (tertiary alicyclic amines) is 1. The smallest absolute Gasteiger partial charge is 0.245 e. The molecule has 10 atom stereocenters. The number of nitrogens with zero attached hydrogens (tertiary/aromatic N) is 2. The Hall–Kier alpha value is -11.2. The van der Waals surface area contributed by atoms with Crippen molar-refractivity contribution in [1.82, 2.24) is 63.1 Å². The van der Waals surface area contributed by atoms with Crippen LogP contribution < -0.4 is 69.5 Å². The van der Waals surface area contributed by atoms with Gasteiger partial charge in [0.05, 0.1) is 6.61 Å². The highest BCUT2D eigenvalue weighted by Crippen LogP contribution is 2.23. The monoisotopic (exact) mass is 1520 g/mol. The molecular formula is C79H100ClN15O14. The number of unbranched alkanes of at least 4 members (excludes halogenated alkanes) is 1. The number of fused-ring (bicyclic) bond motifs is 1. The fraction of sp³-hybridized carbons (Fsp3) is 0.418. The molecule has 2 heterocycles. The van der Waals surface area contributed by atoms with Gasteiger partial charge in [0.15, 0.2) is 0 Å². The van der Waals surface area contributed by atoms with Crippen LogP contribution >= 0.6 is 11.6 Å². The van der Waals surface area contributed by atoms with E-state index in [0.29, 0.717) is 76.4 Å². The van der Waals surface area contributed by atoms with Crippen molar-refractivity contribution in [1.29, 1.82) is 0 Å². The molecular weight excluding hydrogens is 1420 g/mol. The van der Waals surface area contributed by atoms with E-state index in [4.69, 9.17) is 17.3 Å². The van der Waals surface area contributed by atoms with Crippen LogP contribution in [0.4, 0.5) is 11.4 Å². The Morgan fingerprint density at radius 1 is 0.532 bits per heavy atom. The summed E-state index contributed by atoms with van der Waals surface area (Å²) < 4.78 is 0. The molecule has 13 amide bonds. The Bertz CT molecular complexity index is 4130. The molecule has 29 nitrogen and oxygen atoms in total. The standard InChI is InChI=1S/C79H100ClN15O14/c1-46(2)36-63(72(102)88-61(17-10-11-34-83-47(3)4)79(109)95-35-13-18-69(95)78(108)85-48(5)70(81)100)89-73(103)65(39-52-22-29-59(30-23-52)86-49(6)98)91-75(105)66(40-53-24-31-60(32-25-53)87-50(7)99)93-77(107)68(44-96)94-76(106)67(42-55-14-12-33-82-43-55)92-74(104)64(38-51-20-27-58(80)28-21-51)90-71(101)62(84-45-97)41-54-19-26-56-15-8-9-16-57(56)37-54/h8-9,12,14-16,19-33,37,43,45-48,61-69,83,96H,10-11,13,17-18,34-36,38-42,44H2,1-7H3,(H2,81,100)(H,84,97)(H,85,108)(H,86,98)(H,87,99)(H,88,102)(H,89,103)(H,90,101)(H,91,105)(H,92,104)(H,93,107)(H,94,106)/t48-,61+,62-,63+,64-,65-,66+,67-,68+,69+/m1/s1. The maximum atomic E-state index is 15.3. The number of carbonyl (C=O) groups excluding carboxylic acids is 13. The molecule has 1 aliphatic rings. The minimum Gasteiger partial charge on any atom is -0.394 e. The number of hydrogen-bond acceptors (Lipinski definition) is 16. The zero-order valence-corrected chi connectivity index (χ0v) is 63.0. The number of aliphatic hydroxyl groups excluding tert-OH is 1. The molecule has 0 aliphatic carbocycles. The van der Waals surface area contributed by atoms with Gasteiger partial charge in [0.2, 0.25) is 77.3 Å². The zero-order valence-electron chi connectivity index (χ0n) is 62.3. The predicted molar refractivity (Wildman–Crippen MR) is 411 cm³/mol. The Balaban J connectivity index is 1.18. The lowest BCUT2D eigenvalue weighted by Gasteiger charge is -2.31. The van der Waals surface area contributed by atoms with Gasteiger partial charge in [-0.05, 0) is 139 Å². The zero-order chi connectivity index (χ0) is 79.3. The number of carbonyl (C=O) groups is 13.